The van der Waals surface area contributed by atoms with Gasteiger partial charge in [0.1, 0.15) is 5.82 Å². The van der Waals surface area contributed by atoms with Gasteiger partial charge in [-0.2, -0.15) is 5.10 Å². The molecule has 2 N–H and O–H groups in total. The summed E-state index contributed by atoms with van der Waals surface area (Å²) in [6.07, 6.45) is 4.81. The first-order valence-electron chi connectivity index (χ1n) is 7.43. The number of H-pyrrole nitrogens is 1. The molecule has 3 rings (SSSR count). The summed E-state index contributed by atoms with van der Waals surface area (Å²) >= 11 is 0. The number of benzene rings is 1. The molecule has 6 heteroatoms. The standard InChI is InChI=1S/C16H19N5O/c1-3-15-19-13-6-5-12(10-14(13)20-15)18-16(22)9-11(2)21-8-4-7-17-21/h4-8,10-11H,3,9H2,1-2H3,(H,18,22)(H,19,20)/t11-/m0/s1. The van der Waals surface area contributed by atoms with Crippen LogP contribution < -0.4 is 5.32 Å². The van der Waals surface area contributed by atoms with Crippen LogP contribution in [0.5, 0.6) is 0 Å². The lowest BCUT2D eigenvalue weighted by atomic mass is 10.2. The number of anilines is 1. The average Bonchev–Trinajstić information content (AvgIpc) is 3.15. The van der Waals surface area contributed by atoms with E-state index >= 15 is 0 Å². The Kier molecular flexibility index (Phi) is 3.91. The van der Waals surface area contributed by atoms with Crippen LogP contribution in [0.4, 0.5) is 5.69 Å². The molecular formula is C16H19N5O. The molecule has 0 fully saturated rings. The van der Waals surface area contributed by atoms with Gasteiger partial charge >= 0.3 is 0 Å². The van der Waals surface area contributed by atoms with Gasteiger partial charge in [0.15, 0.2) is 0 Å². The highest BCUT2D eigenvalue weighted by atomic mass is 16.1. The monoisotopic (exact) mass is 297 g/mol. The molecule has 0 aliphatic heterocycles. The first-order valence-corrected chi connectivity index (χ1v) is 7.43. The zero-order valence-electron chi connectivity index (χ0n) is 12.7. The summed E-state index contributed by atoms with van der Waals surface area (Å²) in [4.78, 5) is 19.8. The predicted molar refractivity (Wildman–Crippen MR) is 85.7 cm³/mol. The number of amides is 1. The lowest BCUT2D eigenvalue weighted by Gasteiger charge is -2.12. The maximum atomic E-state index is 12.1. The Morgan fingerprint density at radius 3 is 3.05 bits per heavy atom. The summed E-state index contributed by atoms with van der Waals surface area (Å²) in [7, 11) is 0. The maximum absolute atomic E-state index is 12.1. The summed E-state index contributed by atoms with van der Waals surface area (Å²) in [6, 6.07) is 7.58. The van der Waals surface area contributed by atoms with Crippen molar-refractivity contribution >= 4 is 22.6 Å². The fraction of sp³-hybridized carbons (Fsp3) is 0.312. The smallest absolute Gasteiger partial charge is 0.226 e. The minimum atomic E-state index is -0.0300. The zero-order chi connectivity index (χ0) is 15.5. The lowest BCUT2D eigenvalue weighted by Crippen LogP contribution is -2.17. The Morgan fingerprint density at radius 2 is 2.32 bits per heavy atom. The number of carbonyl (C=O) groups is 1. The molecule has 6 nitrogen and oxygen atoms in total. The van der Waals surface area contributed by atoms with E-state index in [4.69, 9.17) is 0 Å². The average molecular weight is 297 g/mol. The van der Waals surface area contributed by atoms with E-state index in [-0.39, 0.29) is 11.9 Å². The van der Waals surface area contributed by atoms with Crippen LogP contribution >= 0.6 is 0 Å². The molecule has 0 aliphatic carbocycles. The van der Waals surface area contributed by atoms with Gasteiger partial charge in [0.05, 0.1) is 17.1 Å². The van der Waals surface area contributed by atoms with E-state index in [1.165, 1.54) is 0 Å². The number of imidazole rings is 1. The van der Waals surface area contributed by atoms with Crippen LogP contribution in [0.2, 0.25) is 0 Å². The molecule has 3 aromatic rings. The van der Waals surface area contributed by atoms with E-state index in [9.17, 15) is 4.79 Å². The van der Waals surface area contributed by atoms with Gasteiger partial charge in [-0.15, -0.1) is 0 Å². The Bertz CT molecular complexity index is 775. The van der Waals surface area contributed by atoms with Crippen LogP contribution in [-0.4, -0.2) is 25.7 Å². The number of hydrogen-bond acceptors (Lipinski definition) is 3. The molecule has 114 valence electrons. The first kappa shape index (κ1) is 14.3. The normalized spacial score (nSPS) is 12.5. The Hall–Kier alpha value is -2.63. The number of fused-ring (bicyclic) bond motifs is 1. The van der Waals surface area contributed by atoms with E-state index < -0.39 is 0 Å². The van der Waals surface area contributed by atoms with E-state index in [0.717, 1.165) is 29.0 Å². The molecule has 0 radical (unpaired) electrons. The van der Waals surface area contributed by atoms with Gasteiger partial charge in [-0.1, -0.05) is 6.92 Å². The highest BCUT2D eigenvalue weighted by Gasteiger charge is 2.11. The summed E-state index contributed by atoms with van der Waals surface area (Å²) in [6.45, 7) is 4.02. The molecule has 0 spiro atoms. The maximum Gasteiger partial charge on any atom is 0.226 e. The summed E-state index contributed by atoms with van der Waals surface area (Å²) in [5, 5.41) is 7.08. The number of aryl methyl sites for hydroxylation is 1. The molecule has 0 unspecified atom stereocenters. The van der Waals surface area contributed by atoms with E-state index in [1.807, 2.05) is 37.4 Å². The van der Waals surface area contributed by atoms with Crippen LogP contribution in [0.3, 0.4) is 0 Å². The van der Waals surface area contributed by atoms with E-state index in [0.29, 0.717) is 6.42 Å². The number of carbonyl (C=O) groups excluding carboxylic acids is 1. The molecular weight excluding hydrogens is 278 g/mol. The van der Waals surface area contributed by atoms with Crippen molar-refractivity contribution < 1.29 is 4.79 Å². The molecule has 1 aromatic carbocycles. The molecule has 0 bridgehead atoms. The van der Waals surface area contributed by atoms with Gasteiger partial charge < -0.3 is 10.3 Å². The number of nitrogens with one attached hydrogen (secondary N) is 2. The molecule has 22 heavy (non-hydrogen) atoms. The molecule has 2 heterocycles. The lowest BCUT2D eigenvalue weighted by molar-refractivity contribution is -0.116. The van der Waals surface area contributed by atoms with Crippen molar-refractivity contribution in [3.63, 3.8) is 0 Å². The molecule has 1 amide bonds. The Balaban J connectivity index is 1.68. The minimum Gasteiger partial charge on any atom is -0.342 e. The second kappa shape index (κ2) is 6.01. The topological polar surface area (TPSA) is 75.6 Å². The van der Waals surface area contributed by atoms with Gasteiger partial charge in [0.2, 0.25) is 5.91 Å². The Labute approximate surface area is 128 Å². The van der Waals surface area contributed by atoms with Crippen molar-refractivity contribution in [1.29, 1.82) is 0 Å². The summed E-state index contributed by atoms with van der Waals surface area (Å²) in [5.41, 5.74) is 2.63. The SMILES string of the molecule is CCc1nc2ccc(NC(=O)C[C@H](C)n3cccn3)cc2[nH]1. The minimum absolute atomic E-state index is 0.0255. The fourth-order valence-electron chi connectivity index (χ4n) is 2.42. The Morgan fingerprint density at radius 1 is 1.45 bits per heavy atom. The molecule has 1 atom stereocenters. The van der Waals surface area contributed by atoms with Gasteiger partial charge in [0, 0.05) is 30.9 Å². The molecule has 2 aromatic heterocycles. The van der Waals surface area contributed by atoms with Crippen molar-refractivity contribution in [2.75, 3.05) is 5.32 Å². The first-order chi connectivity index (χ1) is 10.7. The second-order valence-electron chi connectivity index (χ2n) is 5.36. The van der Waals surface area contributed by atoms with Crippen LogP contribution in [0, 0.1) is 0 Å². The predicted octanol–water partition coefficient (Wildman–Crippen LogP) is 2.91. The van der Waals surface area contributed by atoms with Crippen molar-refractivity contribution in [1.82, 2.24) is 19.7 Å². The van der Waals surface area contributed by atoms with Crippen molar-refractivity contribution in [2.45, 2.75) is 32.7 Å². The highest BCUT2D eigenvalue weighted by molar-refractivity contribution is 5.93. The highest BCUT2D eigenvalue weighted by Crippen LogP contribution is 2.18. The molecule has 0 saturated heterocycles. The van der Waals surface area contributed by atoms with Crippen LogP contribution in [0.15, 0.2) is 36.7 Å². The van der Waals surface area contributed by atoms with Gasteiger partial charge in [-0.25, -0.2) is 4.98 Å². The third-order valence-corrected chi connectivity index (χ3v) is 3.61. The second-order valence-corrected chi connectivity index (χ2v) is 5.36. The quantitative estimate of drug-likeness (QED) is 0.760. The van der Waals surface area contributed by atoms with Crippen LogP contribution in [0.1, 0.15) is 32.1 Å². The molecule has 0 aliphatic rings. The number of rotatable bonds is 5. The van der Waals surface area contributed by atoms with Gasteiger partial charge in [0.25, 0.3) is 0 Å². The van der Waals surface area contributed by atoms with E-state index in [2.05, 4.69) is 27.3 Å². The van der Waals surface area contributed by atoms with Gasteiger partial charge in [-0.3, -0.25) is 9.48 Å². The summed E-state index contributed by atoms with van der Waals surface area (Å²) < 4.78 is 1.78. The third kappa shape index (κ3) is 3.00. The van der Waals surface area contributed by atoms with Crippen molar-refractivity contribution in [3.05, 3.63) is 42.5 Å². The van der Waals surface area contributed by atoms with Crippen LogP contribution in [-0.2, 0) is 11.2 Å². The van der Waals surface area contributed by atoms with Crippen molar-refractivity contribution in [2.24, 2.45) is 0 Å². The third-order valence-electron chi connectivity index (χ3n) is 3.61. The van der Waals surface area contributed by atoms with E-state index in [1.54, 1.807) is 10.9 Å². The number of aromatic nitrogens is 4. The number of hydrogen-bond donors (Lipinski definition) is 2. The zero-order valence-corrected chi connectivity index (χ0v) is 12.7. The van der Waals surface area contributed by atoms with Gasteiger partial charge in [-0.05, 0) is 31.2 Å². The van der Waals surface area contributed by atoms with Crippen molar-refractivity contribution in [3.8, 4) is 0 Å². The largest absolute Gasteiger partial charge is 0.342 e. The summed E-state index contributed by atoms with van der Waals surface area (Å²) in [5.74, 6) is 0.920. The van der Waals surface area contributed by atoms with Crippen LogP contribution in [0.25, 0.3) is 11.0 Å². The number of nitrogens with zero attached hydrogens (tertiary/aromatic N) is 3. The molecule has 0 saturated carbocycles. The fourth-order valence-corrected chi connectivity index (χ4v) is 2.42. The number of aromatic amines is 1.